The van der Waals surface area contributed by atoms with Crippen LogP contribution >= 0.6 is 23.8 Å². The van der Waals surface area contributed by atoms with Crippen LogP contribution in [-0.4, -0.2) is 55.5 Å². The molecule has 0 unspecified atom stereocenters. The van der Waals surface area contributed by atoms with E-state index in [1.165, 1.54) is 55.5 Å². The second kappa shape index (κ2) is 27.7. The summed E-state index contributed by atoms with van der Waals surface area (Å²) in [6.45, 7) is 20.6. The number of hydrogen-bond acceptors (Lipinski definition) is 0. The zero-order chi connectivity index (χ0) is 17.1. The van der Waals surface area contributed by atoms with E-state index in [-0.39, 0.29) is 19.5 Å². The van der Waals surface area contributed by atoms with E-state index in [0.717, 1.165) is 0 Å². The Labute approximate surface area is 160 Å². The van der Waals surface area contributed by atoms with E-state index in [2.05, 4.69) is 62.3 Å². The van der Waals surface area contributed by atoms with E-state index in [4.69, 9.17) is 0 Å². The minimum Gasteiger partial charge on any atom is -0.108 e. The van der Waals surface area contributed by atoms with Gasteiger partial charge in [-0.25, -0.2) is 0 Å². The molecule has 0 aromatic rings. The Morgan fingerprint density at radius 1 is 0.318 bits per heavy atom. The Kier molecular flexibility index (Phi) is 39.9. The predicted octanol–water partition coefficient (Wildman–Crippen LogP) is 7.58. The molecule has 0 N–H and O–H groups in total. The Bertz CT molecular complexity index is 111. The molecule has 141 valence electrons. The first-order valence-electron chi connectivity index (χ1n) is 9.21. The maximum absolute atomic E-state index is 2.29. The molecule has 0 saturated carbocycles. The molecule has 0 atom stereocenters. The van der Waals surface area contributed by atoms with Crippen LogP contribution in [0.25, 0.3) is 0 Å². The minimum atomic E-state index is 0. The van der Waals surface area contributed by atoms with Crippen molar-refractivity contribution in [1.29, 1.82) is 0 Å². The van der Waals surface area contributed by atoms with Gasteiger partial charge in [0.1, 0.15) is 0 Å². The monoisotopic (exact) mass is 457 g/mol. The average molecular weight is 457 g/mol. The van der Waals surface area contributed by atoms with Crippen LogP contribution in [-0.2, 0) is 19.5 Å². The third-order valence-corrected chi connectivity index (χ3v) is 12.1. The van der Waals surface area contributed by atoms with Gasteiger partial charge in [-0.05, 0) is 55.5 Å². The Balaban J connectivity index is -0.000000108. The van der Waals surface area contributed by atoms with Crippen molar-refractivity contribution in [1.82, 2.24) is 0 Å². The summed E-state index contributed by atoms with van der Waals surface area (Å²) >= 11 is 0. The third-order valence-electron chi connectivity index (χ3n) is 4.02. The fourth-order valence-corrected chi connectivity index (χ4v) is 6.04. The van der Waals surface area contributed by atoms with Gasteiger partial charge in [-0.1, -0.05) is 62.3 Å². The van der Waals surface area contributed by atoms with E-state index in [0.29, 0.717) is 23.8 Å². The molecule has 0 aromatic heterocycles. The van der Waals surface area contributed by atoms with Gasteiger partial charge in [0.25, 0.3) is 0 Å². The summed E-state index contributed by atoms with van der Waals surface area (Å²) < 4.78 is 0. The van der Waals surface area contributed by atoms with Gasteiger partial charge in [0, 0.05) is 19.5 Å². The first-order valence-corrected chi connectivity index (χ1v) is 14.9. The molecule has 1 radical (unpaired) electrons. The Hall–Kier alpha value is 1.91. The molecular weight excluding hydrogens is 412 g/mol. The molecule has 0 fully saturated rings. The Morgan fingerprint density at radius 2 is 0.409 bits per heavy atom. The number of rotatable bonds is 9. The van der Waals surface area contributed by atoms with Gasteiger partial charge in [0.15, 0.2) is 0 Å². The molecule has 0 aliphatic carbocycles. The fraction of sp³-hybridized carbons (Fsp3) is 1.00. The van der Waals surface area contributed by atoms with Gasteiger partial charge in [0.2, 0.25) is 0 Å². The van der Waals surface area contributed by atoms with E-state index >= 15 is 0 Å². The first kappa shape index (κ1) is 31.7. The summed E-state index contributed by atoms with van der Waals surface area (Å²) in [5.41, 5.74) is 0. The molecule has 4 heteroatoms. The van der Waals surface area contributed by atoms with Gasteiger partial charge in [-0.2, -0.15) is 0 Å². The standard InChI is InChI=1S/3C6H15P.Rh/c3*1-4-7(5-2)6-3;/h3*4-6H2,1-3H3;. The van der Waals surface area contributed by atoms with Gasteiger partial charge < -0.3 is 0 Å². The maximum atomic E-state index is 2.29. The van der Waals surface area contributed by atoms with Gasteiger partial charge >= 0.3 is 0 Å². The molecule has 0 amide bonds. The molecule has 0 saturated heterocycles. The van der Waals surface area contributed by atoms with Crippen molar-refractivity contribution < 1.29 is 19.5 Å². The van der Waals surface area contributed by atoms with E-state index < -0.39 is 0 Å². The zero-order valence-corrected chi connectivity index (χ0v) is 21.4. The molecule has 0 aliphatic heterocycles. The molecule has 0 aromatic carbocycles. The van der Waals surface area contributed by atoms with Crippen LogP contribution in [0.2, 0.25) is 0 Å². The molecule has 0 spiro atoms. The van der Waals surface area contributed by atoms with Crippen LogP contribution in [0.4, 0.5) is 0 Å². The summed E-state index contributed by atoms with van der Waals surface area (Å²) in [4.78, 5) is 0. The molecule has 0 nitrogen and oxygen atoms in total. The summed E-state index contributed by atoms with van der Waals surface area (Å²) in [7, 11) is 1.34. The minimum absolute atomic E-state index is 0. The van der Waals surface area contributed by atoms with E-state index in [1.54, 1.807) is 0 Å². The second-order valence-corrected chi connectivity index (χ2v) is 14.6. The molecule has 0 rings (SSSR count). The van der Waals surface area contributed by atoms with Crippen molar-refractivity contribution in [3.63, 3.8) is 0 Å². The topological polar surface area (TPSA) is 0 Å². The smallest absolute Gasteiger partial charge is 0 e. The molecule has 0 bridgehead atoms. The fourth-order valence-electron chi connectivity index (χ4n) is 2.01. The van der Waals surface area contributed by atoms with Crippen molar-refractivity contribution >= 4 is 23.8 Å². The molecule has 0 heterocycles. The zero-order valence-electron chi connectivity index (χ0n) is 17.0. The average Bonchev–Trinajstić information content (AvgIpc) is 2.54. The SMILES string of the molecule is CCP(CC)CC.CCP(CC)CC.CCP(CC)CC.[Rh]. The van der Waals surface area contributed by atoms with Gasteiger partial charge in [0.05, 0.1) is 0 Å². The summed E-state index contributed by atoms with van der Waals surface area (Å²) in [6, 6.07) is 0. The molecular formula is C18H45P3Rh. The van der Waals surface area contributed by atoms with Crippen molar-refractivity contribution in [2.24, 2.45) is 0 Å². The summed E-state index contributed by atoms with van der Waals surface area (Å²) in [5, 5.41) is 0. The second-order valence-electron chi connectivity index (χ2n) is 4.86. The summed E-state index contributed by atoms with van der Waals surface area (Å²) in [5.74, 6) is 0. The van der Waals surface area contributed by atoms with Crippen LogP contribution in [0.1, 0.15) is 62.3 Å². The van der Waals surface area contributed by atoms with Crippen LogP contribution in [0, 0.1) is 0 Å². The van der Waals surface area contributed by atoms with Crippen molar-refractivity contribution in [3.05, 3.63) is 0 Å². The Morgan fingerprint density at radius 3 is 0.409 bits per heavy atom. The molecule has 22 heavy (non-hydrogen) atoms. The quantitative estimate of drug-likeness (QED) is 0.247. The largest absolute Gasteiger partial charge is 0.108 e. The van der Waals surface area contributed by atoms with Crippen LogP contribution in [0.15, 0.2) is 0 Å². The van der Waals surface area contributed by atoms with E-state index in [9.17, 15) is 0 Å². The van der Waals surface area contributed by atoms with E-state index in [1.807, 2.05) is 0 Å². The van der Waals surface area contributed by atoms with Crippen molar-refractivity contribution in [2.75, 3.05) is 55.5 Å². The van der Waals surface area contributed by atoms with Crippen LogP contribution in [0.5, 0.6) is 0 Å². The number of hydrogen-bond donors (Lipinski definition) is 0. The predicted molar refractivity (Wildman–Crippen MR) is 116 cm³/mol. The maximum Gasteiger partial charge on any atom is 0 e. The van der Waals surface area contributed by atoms with Crippen LogP contribution < -0.4 is 0 Å². The first-order chi connectivity index (χ1) is 10.0. The van der Waals surface area contributed by atoms with Gasteiger partial charge in [-0.3, -0.25) is 0 Å². The molecule has 0 aliphatic rings. The van der Waals surface area contributed by atoms with Crippen LogP contribution in [0.3, 0.4) is 0 Å². The summed E-state index contributed by atoms with van der Waals surface area (Å²) in [6.07, 6.45) is 12.8. The van der Waals surface area contributed by atoms with Gasteiger partial charge in [-0.15, -0.1) is 23.8 Å². The van der Waals surface area contributed by atoms with Crippen molar-refractivity contribution in [3.8, 4) is 0 Å². The van der Waals surface area contributed by atoms with Crippen molar-refractivity contribution in [2.45, 2.75) is 62.3 Å². The third kappa shape index (κ3) is 24.2. The normalized spacial score (nSPS) is 9.82.